The predicted molar refractivity (Wildman–Crippen MR) is 42.9 cm³/mol. The van der Waals surface area contributed by atoms with Crippen molar-refractivity contribution in [2.24, 2.45) is 4.99 Å². The highest BCUT2D eigenvalue weighted by atomic mass is 19.1. The van der Waals surface area contributed by atoms with Gasteiger partial charge in [0.15, 0.2) is 0 Å². The predicted octanol–water partition coefficient (Wildman–Crippen LogP) is 1.53. The number of rotatable bonds is 2. The van der Waals surface area contributed by atoms with Gasteiger partial charge in [0.2, 0.25) is 6.08 Å². The molecule has 0 spiro atoms. The minimum Gasteiger partial charge on any atom is -0.211 e. The van der Waals surface area contributed by atoms with E-state index >= 15 is 0 Å². The zero-order valence-electron chi connectivity index (χ0n) is 6.62. The first-order valence-corrected chi connectivity index (χ1v) is 3.50. The van der Waals surface area contributed by atoms with Gasteiger partial charge in [0.1, 0.15) is 11.9 Å². The standard InChI is InChI=1S/C9H5FN2O/c10-9-3-1-2-7(5-12-6-13)8(9)4-11/h1-3H,5H2. The molecule has 0 aliphatic rings. The van der Waals surface area contributed by atoms with Gasteiger partial charge in [0.25, 0.3) is 0 Å². The van der Waals surface area contributed by atoms with Crippen molar-refractivity contribution >= 4 is 6.08 Å². The van der Waals surface area contributed by atoms with Gasteiger partial charge in [0, 0.05) is 0 Å². The van der Waals surface area contributed by atoms with Gasteiger partial charge in [-0.1, -0.05) is 12.1 Å². The molecule has 1 rings (SSSR count). The minimum atomic E-state index is -0.596. The average molecular weight is 176 g/mol. The van der Waals surface area contributed by atoms with E-state index in [1.807, 2.05) is 0 Å². The van der Waals surface area contributed by atoms with Crippen LogP contribution in [-0.2, 0) is 11.3 Å². The second-order valence-electron chi connectivity index (χ2n) is 2.29. The van der Waals surface area contributed by atoms with Crippen LogP contribution in [0.4, 0.5) is 4.39 Å². The highest BCUT2D eigenvalue weighted by Gasteiger charge is 2.05. The Hall–Kier alpha value is -1.98. The van der Waals surface area contributed by atoms with E-state index in [4.69, 9.17) is 5.26 Å². The van der Waals surface area contributed by atoms with Crippen LogP contribution in [-0.4, -0.2) is 6.08 Å². The third kappa shape index (κ3) is 1.98. The Morgan fingerprint density at radius 2 is 2.31 bits per heavy atom. The molecule has 1 aromatic rings. The zero-order chi connectivity index (χ0) is 9.68. The summed E-state index contributed by atoms with van der Waals surface area (Å²) in [6, 6.07) is 5.90. The Balaban J connectivity index is 3.14. The molecular formula is C9H5FN2O. The lowest BCUT2D eigenvalue weighted by atomic mass is 10.1. The maximum Gasteiger partial charge on any atom is 0.235 e. The van der Waals surface area contributed by atoms with E-state index in [-0.39, 0.29) is 12.1 Å². The van der Waals surface area contributed by atoms with Gasteiger partial charge >= 0.3 is 0 Å². The number of nitrogens with zero attached hydrogens (tertiary/aromatic N) is 2. The van der Waals surface area contributed by atoms with Crippen molar-refractivity contribution in [2.75, 3.05) is 0 Å². The second kappa shape index (κ2) is 4.15. The molecule has 0 aliphatic carbocycles. The lowest BCUT2D eigenvalue weighted by Crippen LogP contribution is -1.91. The van der Waals surface area contributed by atoms with Crippen molar-refractivity contribution in [2.45, 2.75) is 6.54 Å². The van der Waals surface area contributed by atoms with Crippen LogP contribution in [0.5, 0.6) is 0 Å². The molecular weight excluding hydrogens is 171 g/mol. The Labute approximate surface area is 74.1 Å². The van der Waals surface area contributed by atoms with Gasteiger partial charge in [-0.25, -0.2) is 14.2 Å². The molecule has 0 unspecified atom stereocenters. The van der Waals surface area contributed by atoms with Gasteiger partial charge < -0.3 is 0 Å². The van der Waals surface area contributed by atoms with Crippen molar-refractivity contribution < 1.29 is 9.18 Å². The first-order chi connectivity index (χ1) is 6.29. The van der Waals surface area contributed by atoms with E-state index < -0.39 is 5.82 Å². The summed E-state index contributed by atoms with van der Waals surface area (Å²) in [4.78, 5) is 13.1. The number of hydrogen-bond acceptors (Lipinski definition) is 3. The Morgan fingerprint density at radius 3 is 2.92 bits per heavy atom. The third-order valence-electron chi connectivity index (χ3n) is 1.53. The number of halogens is 1. The molecule has 4 heteroatoms. The molecule has 0 fully saturated rings. The van der Waals surface area contributed by atoms with Crippen LogP contribution in [0, 0.1) is 17.1 Å². The zero-order valence-corrected chi connectivity index (χ0v) is 6.62. The largest absolute Gasteiger partial charge is 0.235 e. The van der Waals surface area contributed by atoms with E-state index in [1.54, 1.807) is 12.1 Å². The molecule has 13 heavy (non-hydrogen) atoms. The number of carbonyl (C=O) groups excluding carboxylic acids is 1. The number of benzene rings is 1. The summed E-state index contributed by atoms with van der Waals surface area (Å²) in [6.07, 6.45) is 1.33. The van der Waals surface area contributed by atoms with Crippen molar-refractivity contribution in [3.05, 3.63) is 35.1 Å². The SMILES string of the molecule is N#Cc1c(F)cccc1CN=C=O. The Kier molecular flexibility index (Phi) is 2.91. The molecule has 0 aromatic heterocycles. The molecule has 0 N–H and O–H groups in total. The number of aliphatic imine (C=N–C) groups is 1. The van der Waals surface area contributed by atoms with E-state index in [9.17, 15) is 9.18 Å². The molecule has 0 atom stereocenters. The summed E-state index contributed by atoms with van der Waals surface area (Å²) in [5.74, 6) is -0.596. The second-order valence-corrected chi connectivity index (χ2v) is 2.29. The normalized spacial score (nSPS) is 8.62. The van der Waals surface area contributed by atoms with Crippen LogP contribution in [0.25, 0.3) is 0 Å². The van der Waals surface area contributed by atoms with E-state index in [0.717, 1.165) is 0 Å². The summed E-state index contributed by atoms with van der Waals surface area (Å²) >= 11 is 0. The highest BCUT2D eigenvalue weighted by molar-refractivity contribution is 5.40. The third-order valence-corrected chi connectivity index (χ3v) is 1.53. The molecule has 0 aliphatic heterocycles. The molecule has 3 nitrogen and oxygen atoms in total. The molecule has 64 valence electrons. The average Bonchev–Trinajstić information content (AvgIpc) is 2.15. The van der Waals surface area contributed by atoms with Crippen LogP contribution in [0.15, 0.2) is 23.2 Å². The fourth-order valence-corrected chi connectivity index (χ4v) is 0.943. The van der Waals surface area contributed by atoms with Gasteiger partial charge in [0.05, 0.1) is 12.1 Å². The monoisotopic (exact) mass is 176 g/mol. The van der Waals surface area contributed by atoms with Gasteiger partial charge in [-0.2, -0.15) is 5.26 Å². The van der Waals surface area contributed by atoms with Crippen molar-refractivity contribution in [1.29, 1.82) is 5.26 Å². The summed E-state index contributed by atoms with van der Waals surface area (Å²) < 4.78 is 12.9. The fourth-order valence-electron chi connectivity index (χ4n) is 0.943. The number of isocyanates is 1. The topological polar surface area (TPSA) is 53.2 Å². The summed E-state index contributed by atoms with van der Waals surface area (Å²) in [5, 5.41) is 8.57. The van der Waals surface area contributed by atoms with Crippen LogP contribution >= 0.6 is 0 Å². The smallest absolute Gasteiger partial charge is 0.211 e. The highest BCUT2D eigenvalue weighted by Crippen LogP contribution is 2.12. The Bertz CT molecular complexity index is 403. The Morgan fingerprint density at radius 1 is 1.54 bits per heavy atom. The lowest BCUT2D eigenvalue weighted by molar-refractivity contribution is 0.562. The van der Waals surface area contributed by atoms with Crippen LogP contribution < -0.4 is 0 Å². The molecule has 0 saturated heterocycles. The van der Waals surface area contributed by atoms with Gasteiger partial charge in [-0.05, 0) is 11.6 Å². The van der Waals surface area contributed by atoms with Crippen LogP contribution in [0.2, 0.25) is 0 Å². The first kappa shape index (κ1) is 9.11. The van der Waals surface area contributed by atoms with Crippen LogP contribution in [0.1, 0.15) is 11.1 Å². The van der Waals surface area contributed by atoms with E-state index in [0.29, 0.717) is 5.56 Å². The maximum atomic E-state index is 12.9. The number of nitriles is 1. The van der Waals surface area contributed by atoms with Crippen molar-refractivity contribution in [3.8, 4) is 6.07 Å². The molecule has 0 saturated carbocycles. The quantitative estimate of drug-likeness (QED) is 0.506. The minimum absolute atomic E-state index is 0.00977. The molecule has 0 radical (unpaired) electrons. The van der Waals surface area contributed by atoms with Gasteiger partial charge in [-0.3, -0.25) is 0 Å². The van der Waals surface area contributed by atoms with Crippen LogP contribution in [0.3, 0.4) is 0 Å². The van der Waals surface area contributed by atoms with Crippen molar-refractivity contribution in [1.82, 2.24) is 0 Å². The summed E-state index contributed by atoms with van der Waals surface area (Å²) in [6.45, 7) is -0.00977. The fraction of sp³-hybridized carbons (Fsp3) is 0.111. The van der Waals surface area contributed by atoms with E-state index in [1.165, 1.54) is 18.2 Å². The molecule has 0 bridgehead atoms. The van der Waals surface area contributed by atoms with Crippen molar-refractivity contribution in [3.63, 3.8) is 0 Å². The summed E-state index contributed by atoms with van der Waals surface area (Å²) in [5.41, 5.74) is 0.326. The summed E-state index contributed by atoms with van der Waals surface area (Å²) in [7, 11) is 0. The maximum absolute atomic E-state index is 12.9. The first-order valence-electron chi connectivity index (χ1n) is 3.50. The molecule has 0 heterocycles. The van der Waals surface area contributed by atoms with Gasteiger partial charge in [-0.15, -0.1) is 0 Å². The number of hydrogen-bond donors (Lipinski definition) is 0. The molecule has 1 aromatic carbocycles. The molecule has 0 amide bonds. The van der Waals surface area contributed by atoms with E-state index in [2.05, 4.69) is 4.99 Å². The lowest BCUT2D eigenvalue weighted by Gasteiger charge is -1.98.